The number of ether oxygens (including phenoxy) is 1. The number of nitrogens with one attached hydrogen (secondary N) is 1. The number of rotatable bonds is 6. The van der Waals surface area contributed by atoms with Gasteiger partial charge in [0, 0.05) is 18.0 Å². The average Bonchev–Trinajstić information content (AvgIpc) is 2.90. The van der Waals surface area contributed by atoms with Gasteiger partial charge in [-0.15, -0.1) is 11.3 Å². The highest BCUT2D eigenvalue weighted by Gasteiger charge is 2.16. The van der Waals surface area contributed by atoms with Crippen LogP contribution in [0.4, 0.5) is 5.69 Å². The quantitative estimate of drug-likeness (QED) is 0.648. The van der Waals surface area contributed by atoms with Gasteiger partial charge in [0.25, 0.3) is 0 Å². The van der Waals surface area contributed by atoms with Crippen molar-refractivity contribution in [3.05, 3.63) is 50.5 Å². The minimum absolute atomic E-state index is 0.0250. The highest BCUT2D eigenvalue weighted by atomic mass is 32.1. The van der Waals surface area contributed by atoms with E-state index >= 15 is 0 Å². The molecule has 0 unspecified atom stereocenters. The molecule has 0 aliphatic carbocycles. The van der Waals surface area contributed by atoms with Crippen LogP contribution in [0, 0.1) is 10.1 Å². The molecule has 2 aromatic rings. The molecule has 0 spiro atoms. The summed E-state index contributed by atoms with van der Waals surface area (Å²) in [6, 6.07) is 4.95. The van der Waals surface area contributed by atoms with E-state index in [2.05, 4.69) is 10.3 Å². The van der Waals surface area contributed by atoms with Gasteiger partial charge in [-0.1, -0.05) is 6.07 Å². The Morgan fingerprint density at radius 2 is 2.37 bits per heavy atom. The molecule has 0 radical (unpaired) electrons. The third kappa shape index (κ3) is 3.49. The summed E-state index contributed by atoms with van der Waals surface area (Å²) in [5.41, 5.74) is 3.28. The lowest BCUT2D eigenvalue weighted by atomic mass is 10.2. The lowest BCUT2D eigenvalue weighted by Crippen LogP contribution is -2.06. The Bertz CT molecular complexity index is 557. The predicted octanol–water partition coefficient (Wildman–Crippen LogP) is 2.35. The highest BCUT2D eigenvalue weighted by Crippen LogP contribution is 2.28. The molecule has 0 saturated heterocycles. The zero-order valence-corrected chi connectivity index (χ0v) is 11.1. The van der Waals surface area contributed by atoms with Crippen LogP contribution < -0.4 is 10.1 Å². The van der Waals surface area contributed by atoms with Crippen molar-refractivity contribution in [1.82, 2.24) is 10.3 Å². The van der Waals surface area contributed by atoms with E-state index in [0.717, 1.165) is 11.3 Å². The van der Waals surface area contributed by atoms with Crippen molar-refractivity contribution < 1.29 is 9.66 Å². The van der Waals surface area contributed by atoms with Crippen LogP contribution in [-0.4, -0.2) is 17.0 Å². The molecule has 0 aliphatic heterocycles. The lowest BCUT2D eigenvalue weighted by molar-refractivity contribution is -0.386. The second-order valence-corrected chi connectivity index (χ2v) is 4.58. The van der Waals surface area contributed by atoms with Crippen molar-refractivity contribution in [2.45, 2.75) is 13.2 Å². The first-order chi connectivity index (χ1) is 9.20. The van der Waals surface area contributed by atoms with E-state index in [4.69, 9.17) is 4.74 Å². The van der Waals surface area contributed by atoms with Gasteiger partial charge in [0.05, 0.1) is 16.1 Å². The molecule has 0 fully saturated rings. The highest BCUT2D eigenvalue weighted by molar-refractivity contribution is 7.07. The number of nitro benzene ring substituents is 1. The number of hydrogen-bond acceptors (Lipinski definition) is 6. The predicted molar refractivity (Wildman–Crippen MR) is 72.3 cm³/mol. The van der Waals surface area contributed by atoms with E-state index in [0.29, 0.717) is 6.54 Å². The smallest absolute Gasteiger partial charge is 0.311 e. The summed E-state index contributed by atoms with van der Waals surface area (Å²) in [4.78, 5) is 14.7. The molecule has 1 aromatic heterocycles. The fourth-order valence-corrected chi connectivity index (χ4v) is 2.15. The Hall–Kier alpha value is -1.99. The third-order valence-electron chi connectivity index (χ3n) is 2.46. The fourth-order valence-electron chi connectivity index (χ4n) is 1.60. The Kier molecular flexibility index (Phi) is 4.43. The Labute approximate surface area is 114 Å². The zero-order chi connectivity index (χ0) is 13.7. The van der Waals surface area contributed by atoms with Gasteiger partial charge in [-0.05, 0) is 18.7 Å². The molecule has 100 valence electrons. The van der Waals surface area contributed by atoms with Crippen LogP contribution in [0.3, 0.4) is 0 Å². The summed E-state index contributed by atoms with van der Waals surface area (Å²) < 4.78 is 5.46. The van der Waals surface area contributed by atoms with E-state index < -0.39 is 4.92 Å². The van der Waals surface area contributed by atoms with Crippen LogP contribution in [0.2, 0.25) is 0 Å². The van der Waals surface area contributed by atoms with Crippen molar-refractivity contribution >= 4 is 17.0 Å². The number of benzene rings is 1. The number of nitro groups is 1. The van der Waals surface area contributed by atoms with Crippen LogP contribution in [0.15, 0.2) is 29.1 Å². The summed E-state index contributed by atoms with van der Waals surface area (Å²) in [6.07, 6.45) is 0. The van der Waals surface area contributed by atoms with Crippen LogP contribution in [-0.2, 0) is 13.2 Å². The minimum atomic E-state index is -0.435. The second-order valence-electron chi connectivity index (χ2n) is 3.86. The maximum Gasteiger partial charge on any atom is 0.311 e. The van der Waals surface area contributed by atoms with Gasteiger partial charge in [0.2, 0.25) is 0 Å². The monoisotopic (exact) mass is 279 g/mol. The molecule has 2 rings (SSSR count). The Morgan fingerprint density at radius 1 is 1.53 bits per heavy atom. The van der Waals surface area contributed by atoms with Gasteiger partial charge in [-0.3, -0.25) is 10.1 Å². The van der Waals surface area contributed by atoms with Gasteiger partial charge < -0.3 is 10.1 Å². The van der Waals surface area contributed by atoms with E-state index in [1.165, 1.54) is 17.4 Å². The zero-order valence-electron chi connectivity index (χ0n) is 10.3. The Morgan fingerprint density at radius 3 is 3.00 bits per heavy atom. The largest absolute Gasteiger partial charge is 0.480 e. The van der Waals surface area contributed by atoms with Crippen molar-refractivity contribution in [3.63, 3.8) is 0 Å². The van der Waals surface area contributed by atoms with Gasteiger partial charge in [-0.2, -0.15) is 0 Å². The molecule has 7 heteroatoms. The first-order valence-electron chi connectivity index (χ1n) is 5.62. The van der Waals surface area contributed by atoms with Gasteiger partial charge >= 0.3 is 5.69 Å². The minimum Gasteiger partial charge on any atom is -0.480 e. The van der Waals surface area contributed by atoms with E-state index in [-0.39, 0.29) is 18.0 Å². The van der Waals surface area contributed by atoms with Gasteiger partial charge in [-0.25, -0.2) is 4.98 Å². The number of nitrogens with zero attached hydrogens (tertiary/aromatic N) is 2. The average molecular weight is 279 g/mol. The normalized spacial score (nSPS) is 10.4. The topological polar surface area (TPSA) is 77.3 Å². The van der Waals surface area contributed by atoms with Gasteiger partial charge in [0.1, 0.15) is 6.61 Å². The van der Waals surface area contributed by atoms with Crippen molar-refractivity contribution in [3.8, 4) is 5.75 Å². The fraction of sp³-hybridized carbons (Fsp3) is 0.250. The number of aromatic nitrogens is 1. The summed E-state index contributed by atoms with van der Waals surface area (Å²) in [5, 5.41) is 15.8. The molecule has 1 aromatic carbocycles. The van der Waals surface area contributed by atoms with E-state index in [9.17, 15) is 10.1 Å². The standard InChI is InChI=1S/C12H13N3O3S/c1-13-5-9-2-3-12(11(4-9)15(16)17)18-6-10-7-19-8-14-10/h2-4,7-8,13H,5-6H2,1H3. The summed E-state index contributed by atoms with van der Waals surface area (Å²) in [5.74, 6) is 0.262. The SMILES string of the molecule is CNCc1ccc(OCc2cscn2)c([N+](=O)[O-])c1. The lowest BCUT2D eigenvalue weighted by Gasteiger charge is -2.07. The molecule has 0 bridgehead atoms. The first kappa shape index (κ1) is 13.4. The van der Waals surface area contributed by atoms with Crippen LogP contribution in [0.25, 0.3) is 0 Å². The Balaban J connectivity index is 2.16. The maximum absolute atomic E-state index is 11.0. The number of hydrogen-bond donors (Lipinski definition) is 1. The molecule has 0 atom stereocenters. The summed E-state index contributed by atoms with van der Waals surface area (Å²) in [7, 11) is 1.79. The van der Waals surface area contributed by atoms with Crippen molar-refractivity contribution in [2.75, 3.05) is 7.05 Å². The summed E-state index contributed by atoms with van der Waals surface area (Å²) in [6.45, 7) is 0.808. The molecular formula is C12H13N3O3S. The molecule has 0 aliphatic rings. The van der Waals surface area contributed by atoms with E-state index in [1.807, 2.05) is 5.38 Å². The maximum atomic E-state index is 11.0. The second kappa shape index (κ2) is 6.26. The third-order valence-corrected chi connectivity index (χ3v) is 3.10. The van der Waals surface area contributed by atoms with Crippen molar-refractivity contribution in [2.24, 2.45) is 0 Å². The summed E-state index contributed by atoms with van der Waals surface area (Å²) >= 11 is 1.46. The van der Waals surface area contributed by atoms with Crippen LogP contribution >= 0.6 is 11.3 Å². The number of thiazole rings is 1. The molecular weight excluding hydrogens is 266 g/mol. The molecule has 1 heterocycles. The molecule has 1 N–H and O–H groups in total. The molecule has 0 saturated carbocycles. The molecule has 6 nitrogen and oxygen atoms in total. The van der Waals surface area contributed by atoms with E-state index in [1.54, 1.807) is 24.7 Å². The van der Waals surface area contributed by atoms with Crippen LogP contribution in [0.5, 0.6) is 5.75 Å². The molecule has 0 amide bonds. The van der Waals surface area contributed by atoms with Crippen molar-refractivity contribution in [1.29, 1.82) is 0 Å². The first-order valence-corrected chi connectivity index (χ1v) is 6.56. The van der Waals surface area contributed by atoms with Gasteiger partial charge in [0.15, 0.2) is 5.75 Å². The molecule has 19 heavy (non-hydrogen) atoms. The van der Waals surface area contributed by atoms with Crippen LogP contribution in [0.1, 0.15) is 11.3 Å².